The van der Waals surface area contributed by atoms with Crippen molar-refractivity contribution in [3.8, 4) is 5.75 Å². The van der Waals surface area contributed by atoms with Crippen molar-refractivity contribution in [3.05, 3.63) is 30.0 Å². The maximum absolute atomic E-state index is 12.0. The normalized spacial score (nSPS) is 15.1. The van der Waals surface area contributed by atoms with Crippen LogP contribution >= 0.6 is 13.5 Å². The second kappa shape index (κ2) is 11.2. The summed E-state index contributed by atoms with van der Waals surface area (Å²) < 4.78 is 11.0. The third-order valence-corrected chi connectivity index (χ3v) is 4.73. The van der Waals surface area contributed by atoms with E-state index in [0.29, 0.717) is 39.3 Å². The van der Waals surface area contributed by atoms with Gasteiger partial charge in [-0.1, -0.05) is 6.07 Å². The molecule has 0 spiro atoms. The van der Waals surface area contributed by atoms with Crippen LogP contribution in [0.5, 0.6) is 5.75 Å². The molecule has 8 heteroatoms. The highest BCUT2D eigenvalue weighted by Crippen LogP contribution is 2.26. The molecular formula is C20H31N3O4S. The molecule has 1 aromatic heterocycles. The Bertz CT molecular complexity index is 746. The van der Waals surface area contributed by atoms with Crippen LogP contribution in [0.1, 0.15) is 25.0 Å². The number of benzene rings is 1. The first-order valence-electron chi connectivity index (χ1n) is 9.63. The van der Waals surface area contributed by atoms with Gasteiger partial charge in [-0.25, -0.2) is 4.79 Å². The van der Waals surface area contributed by atoms with Gasteiger partial charge in [0.2, 0.25) is 0 Å². The summed E-state index contributed by atoms with van der Waals surface area (Å²) in [6.45, 7) is 5.40. The van der Waals surface area contributed by atoms with Gasteiger partial charge in [0, 0.05) is 36.2 Å². The van der Waals surface area contributed by atoms with Crippen LogP contribution < -0.4 is 10.1 Å². The van der Waals surface area contributed by atoms with E-state index >= 15 is 0 Å². The van der Waals surface area contributed by atoms with Gasteiger partial charge in [0.05, 0.1) is 19.3 Å². The van der Waals surface area contributed by atoms with Crippen LogP contribution in [0.15, 0.2) is 24.3 Å². The van der Waals surface area contributed by atoms with Crippen LogP contribution in [0, 0.1) is 6.92 Å². The Balaban J connectivity index is 0.00000280. The number of carbonyl (C=O) groups excluding carboxylic acids is 1. The van der Waals surface area contributed by atoms with Crippen LogP contribution in [-0.4, -0.2) is 66.6 Å². The quantitative estimate of drug-likeness (QED) is 0.585. The molecule has 156 valence electrons. The minimum absolute atomic E-state index is 0. The van der Waals surface area contributed by atoms with Gasteiger partial charge in [0.25, 0.3) is 0 Å². The monoisotopic (exact) mass is 409 g/mol. The number of aromatic nitrogens is 1. The summed E-state index contributed by atoms with van der Waals surface area (Å²) in [5.41, 5.74) is 2.12. The number of ether oxygens (including phenoxy) is 2. The summed E-state index contributed by atoms with van der Waals surface area (Å²) in [6, 6.07) is 7.89. The van der Waals surface area contributed by atoms with Crippen molar-refractivity contribution in [2.24, 2.45) is 0 Å². The maximum atomic E-state index is 12.0. The van der Waals surface area contributed by atoms with Crippen LogP contribution in [0.3, 0.4) is 0 Å². The minimum atomic E-state index is -0.518. The largest absolute Gasteiger partial charge is 0.490 e. The van der Waals surface area contributed by atoms with Gasteiger partial charge < -0.3 is 29.8 Å². The lowest BCUT2D eigenvalue weighted by molar-refractivity contribution is 0.0532. The van der Waals surface area contributed by atoms with E-state index < -0.39 is 6.10 Å². The number of morpholine rings is 1. The summed E-state index contributed by atoms with van der Waals surface area (Å²) in [6.07, 6.45) is 1.80. The number of aryl methyl sites for hydroxylation is 1. The average Bonchev–Trinajstić information content (AvgIpc) is 3.07. The Morgan fingerprint density at radius 3 is 2.93 bits per heavy atom. The number of unbranched alkanes of at least 4 members (excludes halogenated alkanes) is 1. The molecule has 1 aliphatic rings. The van der Waals surface area contributed by atoms with Crippen molar-refractivity contribution in [1.29, 1.82) is 0 Å². The SMILES string of the molecule is Cc1cc2c(OC[C@@H](O)CCCCNC(=O)N3CCOCC3)cccc2[nH]1.S. The smallest absolute Gasteiger partial charge is 0.317 e. The van der Waals surface area contributed by atoms with E-state index in [9.17, 15) is 9.90 Å². The van der Waals surface area contributed by atoms with E-state index in [1.54, 1.807) is 4.90 Å². The van der Waals surface area contributed by atoms with Gasteiger partial charge in [-0.05, 0) is 44.4 Å². The highest BCUT2D eigenvalue weighted by molar-refractivity contribution is 7.59. The van der Waals surface area contributed by atoms with Gasteiger partial charge in [0.15, 0.2) is 0 Å². The molecule has 1 aromatic carbocycles. The number of urea groups is 1. The number of aromatic amines is 1. The molecule has 2 aromatic rings. The van der Waals surface area contributed by atoms with E-state index in [1.807, 2.05) is 31.2 Å². The molecule has 0 saturated carbocycles. The highest BCUT2D eigenvalue weighted by atomic mass is 32.1. The van der Waals surface area contributed by atoms with E-state index in [1.165, 1.54) is 0 Å². The molecular weight excluding hydrogens is 378 g/mol. The second-order valence-corrected chi connectivity index (χ2v) is 6.96. The van der Waals surface area contributed by atoms with Gasteiger partial charge in [-0.15, -0.1) is 0 Å². The first-order valence-corrected chi connectivity index (χ1v) is 9.63. The summed E-state index contributed by atoms with van der Waals surface area (Å²) in [5.74, 6) is 0.786. The summed E-state index contributed by atoms with van der Waals surface area (Å²) >= 11 is 0. The summed E-state index contributed by atoms with van der Waals surface area (Å²) in [4.78, 5) is 17.0. The van der Waals surface area contributed by atoms with E-state index in [4.69, 9.17) is 9.47 Å². The van der Waals surface area contributed by atoms with Crippen LogP contribution in [-0.2, 0) is 4.74 Å². The first kappa shape index (κ1) is 22.4. The summed E-state index contributed by atoms with van der Waals surface area (Å²) in [7, 11) is 0. The zero-order valence-electron chi connectivity index (χ0n) is 16.4. The Labute approximate surface area is 172 Å². The molecule has 28 heavy (non-hydrogen) atoms. The van der Waals surface area contributed by atoms with Gasteiger partial charge in [-0.3, -0.25) is 0 Å². The number of aliphatic hydroxyl groups is 1. The molecule has 1 fully saturated rings. The molecule has 0 unspecified atom stereocenters. The number of fused-ring (bicyclic) bond motifs is 1. The van der Waals surface area contributed by atoms with Crippen LogP contribution in [0.25, 0.3) is 10.9 Å². The number of nitrogens with one attached hydrogen (secondary N) is 2. The maximum Gasteiger partial charge on any atom is 0.317 e. The van der Waals surface area contributed by atoms with Gasteiger partial charge in [-0.2, -0.15) is 13.5 Å². The minimum Gasteiger partial charge on any atom is -0.490 e. The lowest BCUT2D eigenvalue weighted by Gasteiger charge is -2.26. The number of nitrogens with zero attached hydrogens (tertiary/aromatic N) is 1. The molecule has 1 atom stereocenters. The number of rotatable bonds is 8. The third-order valence-electron chi connectivity index (χ3n) is 4.73. The standard InChI is InChI=1S/C20H29N3O4.H2S/c1-15-13-17-18(22-15)6-4-7-19(17)27-14-16(24)5-2-3-8-21-20(25)23-9-11-26-12-10-23;/h4,6-7,13,16,22,24H,2-3,5,8-12,14H2,1H3,(H,21,25);1H2/t16-;/m0./s1. The van der Waals surface area contributed by atoms with E-state index in [2.05, 4.69) is 10.3 Å². The molecule has 3 rings (SSSR count). The fourth-order valence-electron chi connectivity index (χ4n) is 3.24. The number of carbonyl (C=O) groups is 1. The number of H-pyrrole nitrogens is 1. The Morgan fingerprint density at radius 2 is 2.14 bits per heavy atom. The lowest BCUT2D eigenvalue weighted by Crippen LogP contribution is -2.46. The number of hydrogen-bond donors (Lipinski definition) is 3. The first-order chi connectivity index (χ1) is 13.1. The molecule has 0 radical (unpaired) electrons. The van der Waals surface area contributed by atoms with Crippen molar-refractivity contribution < 1.29 is 19.4 Å². The van der Waals surface area contributed by atoms with Crippen molar-refractivity contribution in [2.45, 2.75) is 32.3 Å². The van der Waals surface area contributed by atoms with Gasteiger partial charge in [0.1, 0.15) is 12.4 Å². The topological polar surface area (TPSA) is 86.8 Å². The highest BCUT2D eigenvalue weighted by Gasteiger charge is 2.16. The number of hydrogen-bond acceptors (Lipinski definition) is 4. The molecule has 1 aliphatic heterocycles. The van der Waals surface area contributed by atoms with Crippen molar-refractivity contribution in [3.63, 3.8) is 0 Å². The van der Waals surface area contributed by atoms with E-state index in [0.717, 1.165) is 35.2 Å². The van der Waals surface area contributed by atoms with Crippen molar-refractivity contribution in [1.82, 2.24) is 15.2 Å². The lowest BCUT2D eigenvalue weighted by atomic mass is 10.1. The molecule has 3 N–H and O–H groups in total. The average molecular weight is 410 g/mol. The second-order valence-electron chi connectivity index (χ2n) is 6.96. The molecule has 2 amide bonds. The zero-order chi connectivity index (χ0) is 19.1. The molecule has 0 bridgehead atoms. The fraction of sp³-hybridized carbons (Fsp3) is 0.550. The van der Waals surface area contributed by atoms with Crippen LogP contribution in [0.4, 0.5) is 4.79 Å². The summed E-state index contributed by atoms with van der Waals surface area (Å²) in [5, 5.41) is 14.1. The Morgan fingerprint density at radius 1 is 1.36 bits per heavy atom. The van der Waals surface area contributed by atoms with E-state index in [-0.39, 0.29) is 26.1 Å². The Hall–Kier alpha value is -1.90. The van der Waals surface area contributed by atoms with Crippen molar-refractivity contribution in [2.75, 3.05) is 39.5 Å². The number of amides is 2. The zero-order valence-corrected chi connectivity index (χ0v) is 17.4. The van der Waals surface area contributed by atoms with Gasteiger partial charge >= 0.3 is 6.03 Å². The predicted octanol–water partition coefficient (Wildman–Crippen LogP) is 2.54. The molecule has 1 saturated heterocycles. The molecule has 7 nitrogen and oxygen atoms in total. The predicted molar refractivity (Wildman–Crippen MR) is 115 cm³/mol. The number of aliphatic hydroxyl groups excluding tert-OH is 1. The van der Waals surface area contributed by atoms with Crippen molar-refractivity contribution >= 4 is 30.4 Å². The van der Waals surface area contributed by atoms with Crippen LogP contribution in [0.2, 0.25) is 0 Å². The molecule has 2 heterocycles. The molecule has 0 aliphatic carbocycles. The fourth-order valence-corrected chi connectivity index (χ4v) is 3.24. The third kappa shape index (κ3) is 6.32. The Kier molecular flexibility index (Phi) is 8.95.